The Hall–Kier alpha value is -1.01. The van der Waals surface area contributed by atoms with Crippen LogP contribution in [-0.2, 0) is 4.79 Å². The minimum atomic E-state index is -0.715. The molecule has 0 aliphatic heterocycles. The summed E-state index contributed by atoms with van der Waals surface area (Å²) in [5.74, 6) is -0.984. The highest BCUT2D eigenvalue weighted by molar-refractivity contribution is 7.98. The number of nitrogens with one attached hydrogen (secondary N) is 1. The summed E-state index contributed by atoms with van der Waals surface area (Å²) in [6, 6.07) is 2.06. The van der Waals surface area contributed by atoms with Crippen molar-refractivity contribution in [3.63, 3.8) is 0 Å². The zero-order valence-electron chi connectivity index (χ0n) is 10.7. The minimum Gasteiger partial charge on any atom is -0.481 e. The van der Waals surface area contributed by atoms with Crippen molar-refractivity contribution < 1.29 is 14.7 Å². The second-order valence-corrected chi connectivity index (χ2v) is 6.44. The summed E-state index contributed by atoms with van der Waals surface area (Å²) < 4.78 is 0. The van der Waals surface area contributed by atoms with E-state index in [4.69, 9.17) is 5.11 Å². The van der Waals surface area contributed by atoms with Crippen molar-refractivity contribution in [3.8, 4) is 0 Å². The third-order valence-corrected chi connectivity index (χ3v) is 5.29. The summed E-state index contributed by atoms with van der Waals surface area (Å²) in [4.78, 5) is 24.8. The molecule has 6 heteroatoms. The van der Waals surface area contributed by atoms with Gasteiger partial charge in [0.1, 0.15) is 4.88 Å². The Morgan fingerprint density at radius 2 is 2.05 bits per heavy atom. The van der Waals surface area contributed by atoms with Crippen LogP contribution in [0.15, 0.2) is 16.3 Å². The van der Waals surface area contributed by atoms with E-state index in [1.807, 2.05) is 17.7 Å². The number of aliphatic carboxylic acids is 1. The Balaban J connectivity index is 1.89. The maximum Gasteiger partial charge on any atom is 0.306 e. The van der Waals surface area contributed by atoms with Crippen molar-refractivity contribution >= 4 is 35.0 Å². The van der Waals surface area contributed by atoms with Gasteiger partial charge in [-0.15, -0.1) is 23.1 Å². The first-order valence-electron chi connectivity index (χ1n) is 6.27. The van der Waals surface area contributed by atoms with E-state index in [1.54, 1.807) is 11.8 Å². The van der Waals surface area contributed by atoms with Gasteiger partial charge in [0.25, 0.3) is 5.91 Å². The van der Waals surface area contributed by atoms with E-state index < -0.39 is 5.97 Å². The van der Waals surface area contributed by atoms with Gasteiger partial charge in [0.15, 0.2) is 0 Å². The number of carboxylic acid groups (broad SMARTS) is 1. The predicted molar refractivity (Wildman–Crippen MR) is 76.9 cm³/mol. The van der Waals surface area contributed by atoms with E-state index in [-0.39, 0.29) is 17.9 Å². The van der Waals surface area contributed by atoms with Crippen molar-refractivity contribution in [2.45, 2.75) is 36.6 Å². The van der Waals surface area contributed by atoms with E-state index in [2.05, 4.69) is 5.32 Å². The van der Waals surface area contributed by atoms with Gasteiger partial charge in [-0.05, 0) is 43.4 Å². The summed E-state index contributed by atoms with van der Waals surface area (Å²) >= 11 is 3.02. The van der Waals surface area contributed by atoms with Crippen LogP contribution in [0.4, 0.5) is 0 Å². The smallest absolute Gasteiger partial charge is 0.306 e. The molecule has 0 aromatic carbocycles. The number of hydrogen-bond acceptors (Lipinski definition) is 4. The quantitative estimate of drug-likeness (QED) is 0.839. The maximum atomic E-state index is 12.1. The van der Waals surface area contributed by atoms with Gasteiger partial charge in [0, 0.05) is 10.9 Å². The van der Waals surface area contributed by atoms with Gasteiger partial charge >= 0.3 is 5.97 Å². The number of rotatable bonds is 4. The van der Waals surface area contributed by atoms with Crippen LogP contribution >= 0.6 is 23.1 Å². The number of carbonyl (C=O) groups excluding carboxylic acids is 1. The molecule has 0 radical (unpaired) electrons. The fourth-order valence-corrected chi connectivity index (χ4v) is 4.01. The molecular weight excluding hydrogens is 282 g/mol. The highest BCUT2D eigenvalue weighted by Gasteiger charge is 2.27. The summed E-state index contributed by atoms with van der Waals surface area (Å²) in [6.45, 7) is 0. The molecule has 104 valence electrons. The Bertz CT molecular complexity index is 464. The lowest BCUT2D eigenvalue weighted by atomic mass is 9.86. The van der Waals surface area contributed by atoms with Crippen molar-refractivity contribution in [1.82, 2.24) is 5.32 Å². The average molecular weight is 299 g/mol. The molecule has 1 heterocycles. The molecule has 1 fully saturated rings. The lowest BCUT2D eigenvalue weighted by Crippen LogP contribution is -2.38. The lowest BCUT2D eigenvalue weighted by Gasteiger charge is -2.26. The largest absolute Gasteiger partial charge is 0.481 e. The van der Waals surface area contributed by atoms with E-state index in [1.165, 1.54) is 11.3 Å². The molecule has 4 nitrogen and oxygen atoms in total. The number of carboxylic acids is 1. The van der Waals surface area contributed by atoms with Gasteiger partial charge < -0.3 is 10.4 Å². The highest BCUT2D eigenvalue weighted by Crippen LogP contribution is 2.27. The number of thiophene rings is 1. The first kappa shape index (κ1) is 14.4. The van der Waals surface area contributed by atoms with Crippen LogP contribution in [0.2, 0.25) is 0 Å². The molecule has 1 aromatic rings. The van der Waals surface area contributed by atoms with E-state index in [0.717, 1.165) is 22.6 Å². The van der Waals surface area contributed by atoms with Gasteiger partial charge in [0.05, 0.1) is 5.92 Å². The van der Waals surface area contributed by atoms with Gasteiger partial charge in [-0.3, -0.25) is 9.59 Å². The van der Waals surface area contributed by atoms with Gasteiger partial charge in [-0.25, -0.2) is 0 Å². The number of amides is 1. The first-order valence-corrected chi connectivity index (χ1v) is 8.37. The molecule has 1 amide bonds. The molecule has 2 rings (SSSR count). The van der Waals surface area contributed by atoms with Crippen LogP contribution in [0.3, 0.4) is 0 Å². The van der Waals surface area contributed by atoms with Gasteiger partial charge in [-0.1, -0.05) is 0 Å². The van der Waals surface area contributed by atoms with Crippen molar-refractivity contribution in [1.29, 1.82) is 0 Å². The zero-order valence-corrected chi connectivity index (χ0v) is 12.4. The zero-order chi connectivity index (χ0) is 13.8. The minimum absolute atomic E-state index is 0.0295. The van der Waals surface area contributed by atoms with Crippen LogP contribution < -0.4 is 5.32 Å². The van der Waals surface area contributed by atoms with E-state index >= 15 is 0 Å². The Labute approximate surface area is 120 Å². The second-order valence-electron chi connectivity index (χ2n) is 4.68. The monoisotopic (exact) mass is 299 g/mol. The lowest BCUT2D eigenvalue weighted by molar-refractivity contribution is -0.142. The average Bonchev–Trinajstić information content (AvgIpc) is 2.87. The summed E-state index contributed by atoms with van der Waals surface area (Å²) in [5.41, 5.74) is 0. The molecule has 1 saturated carbocycles. The third kappa shape index (κ3) is 3.51. The SMILES string of the molecule is CSc1ccsc1C(=O)NC1CCC(C(=O)O)CC1. The molecule has 0 saturated heterocycles. The van der Waals surface area contributed by atoms with E-state index in [9.17, 15) is 9.59 Å². The maximum absolute atomic E-state index is 12.1. The topological polar surface area (TPSA) is 66.4 Å². The first-order chi connectivity index (χ1) is 9.11. The van der Waals surface area contributed by atoms with Crippen molar-refractivity contribution in [2.24, 2.45) is 5.92 Å². The van der Waals surface area contributed by atoms with E-state index in [0.29, 0.717) is 12.8 Å². The Morgan fingerprint density at radius 3 is 2.63 bits per heavy atom. The summed E-state index contributed by atoms with van der Waals surface area (Å²) in [7, 11) is 0. The van der Waals surface area contributed by atoms with Crippen molar-refractivity contribution in [2.75, 3.05) is 6.26 Å². The molecule has 1 aliphatic carbocycles. The molecule has 19 heavy (non-hydrogen) atoms. The fraction of sp³-hybridized carbons (Fsp3) is 0.538. The molecule has 0 bridgehead atoms. The van der Waals surface area contributed by atoms with Crippen LogP contribution in [0.25, 0.3) is 0 Å². The fourth-order valence-electron chi connectivity index (χ4n) is 2.36. The molecular formula is C13H17NO3S2. The summed E-state index contributed by atoms with van der Waals surface area (Å²) in [5, 5.41) is 13.9. The van der Waals surface area contributed by atoms with Crippen LogP contribution in [-0.4, -0.2) is 29.3 Å². The van der Waals surface area contributed by atoms with Crippen LogP contribution in [0.1, 0.15) is 35.4 Å². The third-order valence-electron chi connectivity index (χ3n) is 3.47. The molecule has 1 aliphatic rings. The standard InChI is InChI=1S/C13H17NO3S2/c1-18-10-6-7-19-11(10)12(15)14-9-4-2-8(3-5-9)13(16)17/h6-9H,2-5H2,1H3,(H,14,15)(H,16,17). The summed E-state index contributed by atoms with van der Waals surface area (Å²) in [6.07, 6.45) is 4.77. The van der Waals surface area contributed by atoms with Gasteiger partial charge in [-0.2, -0.15) is 0 Å². The number of hydrogen-bond donors (Lipinski definition) is 2. The normalized spacial score (nSPS) is 23.0. The molecule has 0 spiro atoms. The van der Waals surface area contributed by atoms with Crippen LogP contribution in [0.5, 0.6) is 0 Å². The molecule has 2 N–H and O–H groups in total. The predicted octanol–water partition coefficient (Wildman–Crippen LogP) is 2.84. The van der Waals surface area contributed by atoms with Crippen LogP contribution in [0, 0.1) is 5.92 Å². The molecule has 0 unspecified atom stereocenters. The second kappa shape index (κ2) is 6.43. The van der Waals surface area contributed by atoms with Crippen molar-refractivity contribution in [3.05, 3.63) is 16.3 Å². The Kier molecular flexibility index (Phi) is 4.87. The highest BCUT2D eigenvalue weighted by atomic mass is 32.2. The Morgan fingerprint density at radius 1 is 1.37 bits per heavy atom. The molecule has 1 aromatic heterocycles. The number of thioether (sulfide) groups is 1. The number of carbonyl (C=O) groups is 2. The molecule has 0 atom stereocenters. The van der Waals surface area contributed by atoms with Gasteiger partial charge in [0.2, 0.25) is 0 Å².